The minimum absolute atomic E-state index is 0.000687. The van der Waals surface area contributed by atoms with Crippen LogP contribution in [-0.4, -0.2) is 102 Å². The Bertz CT molecular complexity index is 843. The summed E-state index contributed by atoms with van der Waals surface area (Å²) in [4.78, 5) is 43.4. The van der Waals surface area contributed by atoms with Crippen LogP contribution in [0.25, 0.3) is 0 Å². The van der Waals surface area contributed by atoms with Crippen molar-refractivity contribution in [3.05, 3.63) is 22.5 Å². The maximum Gasteiger partial charge on any atom is 0.209 e. The average Bonchev–Trinajstić information content (AvgIpc) is 3.32. The molecule has 4 heterocycles. The van der Waals surface area contributed by atoms with E-state index < -0.39 is 11.6 Å². The molecule has 4 unspecified atom stereocenters. The third-order valence-corrected chi connectivity index (χ3v) is 6.97. The molecule has 150 valence electrons. The number of aliphatic hydroxyl groups excluding tert-OH is 1. The third-order valence-electron chi connectivity index (χ3n) is 6.97. The van der Waals surface area contributed by atoms with E-state index in [1.54, 1.807) is 18.9 Å². The van der Waals surface area contributed by atoms with Gasteiger partial charge in [-0.25, -0.2) is 0 Å². The number of nitrogens with one attached hydrogen (secondary N) is 1. The second kappa shape index (κ2) is 5.88. The van der Waals surface area contributed by atoms with Gasteiger partial charge in [-0.2, -0.15) is 0 Å². The molecule has 9 heteroatoms. The molecule has 1 amide bonds. The van der Waals surface area contributed by atoms with Crippen molar-refractivity contribution in [2.75, 3.05) is 46.4 Å². The van der Waals surface area contributed by atoms with Gasteiger partial charge in [-0.05, 0) is 6.92 Å². The molecule has 5 aliphatic rings. The number of allylic oxidation sites excluding steroid dienone is 2. The lowest BCUT2D eigenvalue weighted by molar-refractivity contribution is -0.137. The van der Waals surface area contributed by atoms with Gasteiger partial charge in [0.25, 0.3) is 0 Å². The second-order valence-electron chi connectivity index (χ2n) is 8.08. The summed E-state index contributed by atoms with van der Waals surface area (Å²) >= 11 is 0. The predicted molar refractivity (Wildman–Crippen MR) is 96.7 cm³/mol. The van der Waals surface area contributed by atoms with E-state index in [1.807, 2.05) is 9.80 Å². The van der Waals surface area contributed by atoms with Crippen molar-refractivity contribution in [3.63, 3.8) is 0 Å². The van der Waals surface area contributed by atoms with Crippen molar-refractivity contribution < 1.29 is 24.2 Å². The number of piperazine rings is 2. The minimum Gasteiger partial charge on any atom is -0.396 e. The lowest BCUT2D eigenvalue weighted by Gasteiger charge is -2.39. The summed E-state index contributed by atoms with van der Waals surface area (Å²) in [5, 5.41) is 13.6. The molecule has 2 N–H and O–H groups in total. The van der Waals surface area contributed by atoms with E-state index in [9.17, 15) is 19.5 Å². The molecule has 0 saturated carbocycles. The van der Waals surface area contributed by atoms with Crippen LogP contribution in [0.2, 0.25) is 0 Å². The Morgan fingerprint density at radius 3 is 2.54 bits per heavy atom. The average molecular weight is 388 g/mol. The zero-order chi connectivity index (χ0) is 19.8. The zero-order valence-corrected chi connectivity index (χ0v) is 16.0. The Morgan fingerprint density at radius 1 is 1.21 bits per heavy atom. The van der Waals surface area contributed by atoms with Crippen LogP contribution < -0.4 is 5.32 Å². The molecular formula is C19H24N4O5. The van der Waals surface area contributed by atoms with Gasteiger partial charge in [0.05, 0.1) is 30.0 Å². The summed E-state index contributed by atoms with van der Waals surface area (Å²) in [6, 6.07) is 0.216. The molecular weight excluding hydrogens is 364 g/mol. The number of ketones is 2. The number of nitrogens with zero attached hydrogens (tertiary/aromatic N) is 3. The molecule has 4 atom stereocenters. The molecule has 0 bridgehead atoms. The molecule has 0 aromatic carbocycles. The van der Waals surface area contributed by atoms with Gasteiger partial charge in [-0.3, -0.25) is 14.4 Å². The summed E-state index contributed by atoms with van der Waals surface area (Å²) in [5.74, 6) is -0.942. The topological polar surface area (TPSA) is 112 Å². The van der Waals surface area contributed by atoms with Crippen LogP contribution in [0.3, 0.4) is 0 Å². The highest BCUT2D eigenvalue weighted by Crippen LogP contribution is 2.55. The minimum atomic E-state index is -0.888. The number of hydrogen-bond donors (Lipinski definition) is 2. The Morgan fingerprint density at radius 2 is 1.93 bits per heavy atom. The molecule has 5 rings (SSSR count). The number of carbonyl (C=O) groups is 3. The SMILES string of the molecule is COC12C(CO)C3=C(C(=O)C(C)=C(N4CCN(C=O)CC4)C3=O)N1CC1NC12. The number of Topliss-reactive ketones (excluding diaryl/α,β-unsaturated/α-hetero) is 2. The molecule has 0 aromatic heterocycles. The highest BCUT2D eigenvalue weighted by atomic mass is 16.5. The van der Waals surface area contributed by atoms with Crippen LogP contribution in [0.4, 0.5) is 0 Å². The molecule has 0 radical (unpaired) electrons. The highest BCUT2D eigenvalue weighted by molar-refractivity contribution is 6.25. The van der Waals surface area contributed by atoms with Crippen LogP contribution in [0.1, 0.15) is 6.92 Å². The van der Waals surface area contributed by atoms with Gasteiger partial charge < -0.3 is 29.9 Å². The van der Waals surface area contributed by atoms with Crippen LogP contribution in [0.15, 0.2) is 22.5 Å². The van der Waals surface area contributed by atoms with Crippen LogP contribution in [0, 0.1) is 5.92 Å². The van der Waals surface area contributed by atoms with Crippen molar-refractivity contribution >= 4 is 18.0 Å². The van der Waals surface area contributed by atoms with E-state index in [2.05, 4.69) is 5.32 Å². The Kier molecular flexibility index (Phi) is 3.75. The van der Waals surface area contributed by atoms with Crippen molar-refractivity contribution in [3.8, 4) is 0 Å². The number of hydrogen-bond acceptors (Lipinski definition) is 8. The number of fused-ring (bicyclic) bond motifs is 4. The maximum absolute atomic E-state index is 13.6. The number of rotatable bonds is 4. The van der Waals surface area contributed by atoms with Gasteiger partial charge in [0.1, 0.15) is 0 Å². The number of aliphatic hydroxyl groups is 1. The normalized spacial score (nSPS) is 36.8. The largest absolute Gasteiger partial charge is 0.396 e. The molecule has 28 heavy (non-hydrogen) atoms. The van der Waals surface area contributed by atoms with E-state index in [1.165, 1.54) is 0 Å². The molecule has 9 nitrogen and oxygen atoms in total. The quantitative estimate of drug-likeness (QED) is 0.325. The smallest absolute Gasteiger partial charge is 0.209 e. The van der Waals surface area contributed by atoms with Gasteiger partial charge in [-0.15, -0.1) is 0 Å². The summed E-state index contributed by atoms with van der Waals surface area (Å²) in [6.45, 7) is 4.05. The molecule has 3 fully saturated rings. The van der Waals surface area contributed by atoms with Crippen molar-refractivity contribution in [2.24, 2.45) is 5.92 Å². The number of carbonyl (C=O) groups excluding carboxylic acids is 3. The summed E-state index contributed by atoms with van der Waals surface area (Å²) < 4.78 is 5.89. The van der Waals surface area contributed by atoms with Crippen molar-refractivity contribution in [2.45, 2.75) is 24.7 Å². The Labute approximate surface area is 162 Å². The third kappa shape index (κ3) is 1.99. The predicted octanol–water partition coefficient (Wildman–Crippen LogP) is -1.94. The van der Waals surface area contributed by atoms with Gasteiger partial charge in [0, 0.05) is 57.0 Å². The maximum atomic E-state index is 13.6. The van der Waals surface area contributed by atoms with Gasteiger partial charge in [0.15, 0.2) is 5.72 Å². The monoisotopic (exact) mass is 388 g/mol. The highest BCUT2D eigenvalue weighted by Gasteiger charge is 2.72. The van der Waals surface area contributed by atoms with E-state index in [-0.39, 0.29) is 30.3 Å². The van der Waals surface area contributed by atoms with E-state index in [0.717, 1.165) is 6.41 Å². The van der Waals surface area contributed by atoms with E-state index >= 15 is 0 Å². The van der Waals surface area contributed by atoms with Crippen LogP contribution >= 0.6 is 0 Å². The standard InChI is InChI=1S/C19H24N4O5/c1-10-14(22-5-3-21(9-25)4-6-22)17(27)13-11(8-24)19(28-2)18-12(20-18)7-23(19)15(13)16(10)26/h9,11-12,18,20,24H,3-8H2,1-2H3. The molecule has 3 saturated heterocycles. The summed E-state index contributed by atoms with van der Waals surface area (Å²) in [5.41, 5.74) is 0.718. The zero-order valence-electron chi connectivity index (χ0n) is 16.0. The lowest BCUT2D eigenvalue weighted by atomic mass is 9.82. The van der Waals surface area contributed by atoms with Gasteiger partial charge in [-0.1, -0.05) is 0 Å². The lowest BCUT2D eigenvalue weighted by Crippen LogP contribution is -2.54. The number of ether oxygens (including phenoxy) is 1. The van der Waals surface area contributed by atoms with Gasteiger partial charge in [0.2, 0.25) is 18.0 Å². The molecule has 0 aromatic rings. The Hall–Kier alpha value is -2.23. The molecule has 4 aliphatic heterocycles. The first-order valence-corrected chi connectivity index (χ1v) is 9.68. The number of amides is 1. The Balaban J connectivity index is 1.54. The van der Waals surface area contributed by atoms with Crippen molar-refractivity contribution in [1.29, 1.82) is 0 Å². The van der Waals surface area contributed by atoms with E-state index in [4.69, 9.17) is 4.74 Å². The van der Waals surface area contributed by atoms with E-state index in [0.29, 0.717) is 55.3 Å². The molecule has 1 aliphatic carbocycles. The van der Waals surface area contributed by atoms with Crippen molar-refractivity contribution in [1.82, 2.24) is 20.0 Å². The fourth-order valence-corrected chi connectivity index (χ4v) is 5.56. The first-order chi connectivity index (χ1) is 13.5. The fraction of sp³-hybridized carbons (Fsp3) is 0.632. The summed E-state index contributed by atoms with van der Waals surface area (Å²) in [7, 11) is 1.57. The first-order valence-electron chi connectivity index (χ1n) is 9.68. The molecule has 0 spiro atoms. The second-order valence-corrected chi connectivity index (χ2v) is 8.08. The van der Waals surface area contributed by atoms with Gasteiger partial charge >= 0.3 is 0 Å². The van der Waals surface area contributed by atoms with Crippen LogP contribution in [-0.2, 0) is 19.1 Å². The number of methoxy groups -OCH3 is 1. The van der Waals surface area contributed by atoms with Crippen LogP contribution in [0.5, 0.6) is 0 Å². The fourth-order valence-electron chi connectivity index (χ4n) is 5.56. The first kappa shape index (κ1) is 17.8. The summed E-state index contributed by atoms with van der Waals surface area (Å²) in [6.07, 6.45) is 0.807.